The van der Waals surface area contributed by atoms with Crippen LogP contribution in [0.25, 0.3) is 0 Å². The molecule has 0 bridgehead atoms. The van der Waals surface area contributed by atoms with Crippen LogP contribution < -0.4 is 20.3 Å². The van der Waals surface area contributed by atoms with E-state index >= 15 is 0 Å². The van der Waals surface area contributed by atoms with Gasteiger partial charge in [0.2, 0.25) is 0 Å². The van der Waals surface area contributed by atoms with Crippen LogP contribution in [0.5, 0.6) is 5.75 Å². The predicted molar refractivity (Wildman–Crippen MR) is 92.3 cm³/mol. The highest BCUT2D eigenvalue weighted by atomic mass is 16.5. The van der Waals surface area contributed by atoms with Crippen LogP contribution in [0.3, 0.4) is 0 Å². The molecule has 1 unspecified atom stereocenters. The van der Waals surface area contributed by atoms with Crippen LogP contribution >= 0.6 is 0 Å². The SMILES string of the molecule is Cc1cc(C)c(C)c(OCCCNC(=O)C[NH+]2CCNC(=O)C2)c1. The fourth-order valence-electron chi connectivity index (χ4n) is 2.83. The molecule has 132 valence electrons. The summed E-state index contributed by atoms with van der Waals surface area (Å²) >= 11 is 0. The zero-order valence-electron chi connectivity index (χ0n) is 14.8. The first-order valence-electron chi connectivity index (χ1n) is 8.53. The maximum atomic E-state index is 11.9. The normalized spacial score (nSPS) is 17.3. The summed E-state index contributed by atoms with van der Waals surface area (Å²) in [5.74, 6) is 0.922. The predicted octanol–water partition coefficient (Wildman–Crippen LogP) is -0.488. The third-order valence-electron chi connectivity index (χ3n) is 4.29. The van der Waals surface area contributed by atoms with Crippen LogP contribution in [-0.2, 0) is 9.59 Å². The highest BCUT2D eigenvalue weighted by Gasteiger charge is 2.21. The maximum Gasteiger partial charge on any atom is 0.275 e. The standard InChI is InChI=1S/C18H27N3O3/c1-13-9-14(2)15(3)16(10-13)24-8-4-5-19-17(22)11-21-7-6-20-18(23)12-21/h9-10H,4-8,11-12H2,1-3H3,(H,19,22)(H,20,23)/p+1. The largest absolute Gasteiger partial charge is 0.493 e. The highest BCUT2D eigenvalue weighted by molar-refractivity contribution is 5.79. The molecule has 0 radical (unpaired) electrons. The highest BCUT2D eigenvalue weighted by Crippen LogP contribution is 2.23. The van der Waals surface area contributed by atoms with Gasteiger partial charge in [-0.2, -0.15) is 0 Å². The van der Waals surface area contributed by atoms with Gasteiger partial charge in [-0.25, -0.2) is 0 Å². The van der Waals surface area contributed by atoms with Crippen molar-refractivity contribution in [3.8, 4) is 5.75 Å². The smallest absolute Gasteiger partial charge is 0.275 e. The van der Waals surface area contributed by atoms with Crippen LogP contribution in [0.4, 0.5) is 0 Å². The Balaban J connectivity index is 1.64. The van der Waals surface area contributed by atoms with E-state index in [1.54, 1.807) is 0 Å². The Bertz CT molecular complexity index is 601. The monoisotopic (exact) mass is 334 g/mol. The fourth-order valence-corrected chi connectivity index (χ4v) is 2.83. The molecule has 1 aromatic rings. The summed E-state index contributed by atoms with van der Waals surface area (Å²) in [6.07, 6.45) is 0.758. The molecule has 1 aliphatic heterocycles. The van der Waals surface area contributed by atoms with Gasteiger partial charge in [0.15, 0.2) is 13.1 Å². The van der Waals surface area contributed by atoms with Crippen LogP contribution in [-0.4, -0.2) is 51.1 Å². The number of hydrogen-bond donors (Lipinski definition) is 3. The first kappa shape index (κ1) is 18.3. The number of piperazine rings is 1. The number of aryl methyl sites for hydroxylation is 2. The lowest BCUT2D eigenvalue weighted by molar-refractivity contribution is -0.885. The van der Waals surface area contributed by atoms with Gasteiger partial charge in [0.25, 0.3) is 11.8 Å². The van der Waals surface area contributed by atoms with Gasteiger partial charge in [0.05, 0.1) is 19.7 Å². The van der Waals surface area contributed by atoms with E-state index in [1.165, 1.54) is 11.1 Å². The van der Waals surface area contributed by atoms with E-state index < -0.39 is 0 Å². The summed E-state index contributed by atoms with van der Waals surface area (Å²) in [5, 5.41) is 5.66. The Labute approximate surface area is 143 Å². The van der Waals surface area contributed by atoms with Crippen LogP contribution in [0.2, 0.25) is 0 Å². The number of amides is 2. The van der Waals surface area contributed by atoms with Crippen molar-refractivity contribution in [2.75, 3.05) is 39.3 Å². The number of nitrogens with one attached hydrogen (secondary N) is 3. The summed E-state index contributed by atoms with van der Waals surface area (Å²) < 4.78 is 5.83. The minimum atomic E-state index is -0.0118. The average Bonchev–Trinajstić information content (AvgIpc) is 2.51. The van der Waals surface area contributed by atoms with Gasteiger partial charge in [-0.15, -0.1) is 0 Å². The molecular weight excluding hydrogens is 306 g/mol. The van der Waals surface area contributed by atoms with Crippen molar-refractivity contribution in [3.05, 3.63) is 28.8 Å². The number of quaternary nitrogens is 1. The molecule has 1 heterocycles. The lowest BCUT2D eigenvalue weighted by atomic mass is 10.1. The zero-order valence-corrected chi connectivity index (χ0v) is 14.8. The van der Waals surface area contributed by atoms with Gasteiger partial charge in [-0.05, 0) is 49.9 Å². The third kappa shape index (κ3) is 5.53. The second-order valence-corrected chi connectivity index (χ2v) is 6.46. The molecule has 1 atom stereocenters. The number of ether oxygens (including phenoxy) is 1. The van der Waals surface area contributed by atoms with Gasteiger partial charge >= 0.3 is 0 Å². The van der Waals surface area contributed by atoms with E-state index in [0.29, 0.717) is 32.8 Å². The number of carbonyl (C=O) groups excluding carboxylic acids is 2. The molecule has 0 aromatic heterocycles. The fraction of sp³-hybridized carbons (Fsp3) is 0.556. The minimum Gasteiger partial charge on any atom is -0.493 e. The quantitative estimate of drug-likeness (QED) is 0.590. The number of benzene rings is 1. The molecule has 1 saturated heterocycles. The van der Waals surface area contributed by atoms with Crippen molar-refractivity contribution >= 4 is 11.8 Å². The van der Waals surface area contributed by atoms with Crippen molar-refractivity contribution in [3.63, 3.8) is 0 Å². The summed E-state index contributed by atoms with van der Waals surface area (Å²) in [5.41, 5.74) is 3.58. The molecule has 1 fully saturated rings. The molecule has 3 N–H and O–H groups in total. The summed E-state index contributed by atoms with van der Waals surface area (Å²) in [6.45, 7) is 9.53. The first-order valence-corrected chi connectivity index (χ1v) is 8.53. The molecule has 2 rings (SSSR count). The lowest BCUT2D eigenvalue weighted by Gasteiger charge is -2.22. The van der Waals surface area contributed by atoms with Crippen molar-refractivity contribution in [2.45, 2.75) is 27.2 Å². The Hall–Kier alpha value is -2.08. The molecule has 2 amide bonds. The Kier molecular flexibility index (Phi) is 6.61. The number of hydrogen-bond acceptors (Lipinski definition) is 3. The van der Waals surface area contributed by atoms with Gasteiger partial charge < -0.3 is 20.3 Å². The minimum absolute atomic E-state index is 0.0118. The van der Waals surface area contributed by atoms with Crippen LogP contribution in [0.15, 0.2) is 12.1 Å². The van der Waals surface area contributed by atoms with Gasteiger partial charge in [0.1, 0.15) is 5.75 Å². The van der Waals surface area contributed by atoms with Crippen molar-refractivity contribution in [2.24, 2.45) is 0 Å². The molecule has 6 heteroatoms. The number of rotatable bonds is 7. The van der Waals surface area contributed by atoms with E-state index in [0.717, 1.165) is 29.2 Å². The Morgan fingerprint density at radius 3 is 2.88 bits per heavy atom. The Morgan fingerprint density at radius 1 is 1.33 bits per heavy atom. The van der Waals surface area contributed by atoms with E-state index in [1.807, 2.05) is 6.07 Å². The maximum absolute atomic E-state index is 11.9. The first-order chi connectivity index (χ1) is 11.5. The molecule has 1 aliphatic rings. The Morgan fingerprint density at radius 2 is 2.12 bits per heavy atom. The van der Waals surface area contributed by atoms with Gasteiger partial charge in [-0.1, -0.05) is 6.07 Å². The second kappa shape index (κ2) is 8.68. The van der Waals surface area contributed by atoms with Crippen molar-refractivity contribution in [1.82, 2.24) is 10.6 Å². The number of carbonyl (C=O) groups is 2. The molecule has 1 aromatic carbocycles. The van der Waals surface area contributed by atoms with Crippen molar-refractivity contribution < 1.29 is 19.2 Å². The molecular formula is C18H28N3O3+. The third-order valence-corrected chi connectivity index (χ3v) is 4.29. The molecule has 0 saturated carbocycles. The van der Waals surface area contributed by atoms with Crippen LogP contribution in [0.1, 0.15) is 23.1 Å². The average molecular weight is 334 g/mol. The van der Waals surface area contributed by atoms with E-state index in [9.17, 15) is 9.59 Å². The zero-order chi connectivity index (χ0) is 17.5. The molecule has 0 spiro atoms. The second-order valence-electron chi connectivity index (χ2n) is 6.46. The van der Waals surface area contributed by atoms with E-state index in [-0.39, 0.29) is 11.8 Å². The summed E-state index contributed by atoms with van der Waals surface area (Å²) in [7, 11) is 0. The molecule has 6 nitrogen and oxygen atoms in total. The van der Waals surface area contributed by atoms with Crippen molar-refractivity contribution in [1.29, 1.82) is 0 Å². The van der Waals surface area contributed by atoms with Gasteiger partial charge in [0, 0.05) is 6.54 Å². The van der Waals surface area contributed by atoms with Gasteiger partial charge in [-0.3, -0.25) is 9.59 Å². The summed E-state index contributed by atoms with van der Waals surface area (Å²) in [4.78, 5) is 24.2. The summed E-state index contributed by atoms with van der Waals surface area (Å²) in [6, 6.07) is 4.19. The van der Waals surface area contributed by atoms with E-state index in [4.69, 9.17) is 4.74 Å². The van der Waals surface area contributed by atoms with Crippen LogP contribution in [0, 0.1) is 20.8 Å². The molecule has 0 aliphatic carbocycles. The van der Waals surface area contributed by atoms with E-state index in [2.05, 4.69) is 37.5 Å². The lowest BCUT2D eigenvalue weighted by Crippen LogP contribution is -3.16. The topological polar surface area (TPSA) is 71.9 Å². The molecule has 24 heavy (non-hydrogen) atoms.